The van der Waals surface area contributed by atoms with Crippen LogP contribution in [0, 0.1) is 0 Å². The maximum Gasteiger partial charge on any atom is 0.306 e. The number of carboxylic acid groups (broad SMARTS) is 1. The summed E-state index contributed by atoms with van der Waals surface area (Å²) in [6, 6.07) is 0. The van der Waals surface area contributed by atoms with Crippen molar-refractivity contribution in [2.24, 2.45) is 0 Å². The maximum atomic E-state index is 13.0. The van der Waals surface area contributed by atoms with Gasteiger partial charge in [0.2, 0.25) is 0 Å². The first-order valence-corrected chi connectivity index (χ1v) is 38.2. The molecule has 0 N–H and O–H groups in total. The van der Waals surface area contributed by atoms with Gasteiger partial charge in [0.1, 0.15) is 13.2 Å². The van der Waals surface area contributed by atoms with Gasteiger partial charge in [-0.15, -0.1) is 0 Å². The second-order valence-electron chi connectivity index (χ2n) is 25.5. The first kappa shape index (κ1) is 92.1. The number of allylic oxidation sites excluding steroid dienone is 40. The number of quaternary nitrogens is 1. The monoisotopic (exact) mass is 1360 g/mol. The molecule has 9 nitrogen and oxygen atoms in total. The summed E-state index contributed by atoms with van der Waals surface area (Å²) < 4.78 is 22.8. The standard InChI is InChI=1S/C90H137NO8/c1-6-8-10-12-14-16-18-20-22-24-26-28-30-32-34-36-38-40-41-42-43-44-45-46-47-49-51-53-55-57-59-61-63-65-67-69-71-73-75-77-79-81-88(93)99-86(85-98-90(89(94)95)96-83-82-91(3,4)5)84-97-87(92)80-78-76-74-72-70-68-66-64-62-60-58-56-54-52-50-48-39-37-35-33-31-29-27-25-23-21-19-17-15-13-11-9-7-2/h8-11,14-17,20-23,26-29,32-35,38-40,42-43,45-46,48-49,51-52,54-55,57-58,60-61,63-64,66,86,90H,6-7,12-13,18-19,24-25,30-31,36-37,41,44,47,50,53,56,59,62,65,67-85H2,1-5H3/b10-8-,11-9-,16-14-,17-15-,22-20-,23-21-,28-26-,29-27-,34-32-,35-33-,40-38-,43-42-,46-45-,48-39-,51-49-,54-52-,57-55-,60-58-,63-61-,66-64-. The summed E-state index contributed by atoms with van der Waals surface area (Å²) in [5.74, 6) is -2.35. The third-order valence-electron chi connectivity index (χ3n) is 15.1. The number of esters is 2. The van der Waals surface area contributed by atoms with Crippen LogP contribution >= 0.6 is 0 Å². The zero-order valence-corrected chi connectivity index (χ0v) is 62.7. The highest BCUT2D eigenvalue weighted by atomic mass is 16.7. The van der Waals surface area contributed by atoms with E-state index in [4.69, 9.17) is 18.9 Å². The maximum absolute atomic E-state index is 13.0. The highest BCUT2D eigenvalue weighted by Gasteiger charge is 2.22. The molecule has 0 aliphatic carbocycles. The van der Waals surface area contributed by atoms with Crippen LogP contribution in [-0.4, -0.2) is 82.3 Å². The molecule has 0 radical (unpaired) electrons. The number of hydrogen-bond donors (Lipinski definition) is 0. The second kappa shape index (κ2) is 76.8. The number of carbonyl (C=O) groups is 3. The van der Waals surface area contributed by atoms with Crippen LogP contribution in [0.1, 0.15) is 245 Å². The molecule has 0 rings (SSSR count). The number of unbranched alkanes of at least 4 members (excludes halogenated alkanes) is 12. The van der Waals surface area contributed by atoms with Crippen LogP contribution in [0.3, 0.4) is 0 Å². The van der Waals surface area contributed by atoms with Crippen molar-refractivity contribution < 1.29 is 42.9 Å². The topological polar surface area (TPSA) is 111 Å². The van der Waals surface area contributed by atoms with Crippen LogP contribution in [0.25, 0.3) is 0 Å². The van der Waals surface area contributed by atoms with Gasteiger partial charge >= 0.3 is 11.9 Å². The molecule has 0 saturated heterocycles. The fourth-order valence-corrected chi connectivity index (χ4v) is 9.36. The van der Waals surface area contributed by atoms with Gasteiger partial charge in [0.25, 0.3) is 0 Å². The number of likely N-dealkylation sites (N-methyl/N-ethyl adjacent to an activating group) is 1. The number of rotatable bonds is 67. The van der Waals surface area contributed by atoms with Gasteiger partial charge in [-0.1, -0.05) is 308 Å². The Morgan fingerprint density at radius 2 is 0.545 bits per heavy atom. The van der Waals surface area contributed by atoms with Crippen LogP contribution in [0.5, 0.6) is 0 Å². The van der Waals surface area contributed by atoms with Gasteiger partial charge in [0, 0.05) is 12.8 Å². The molecule has 0 aromatic heterocycles. The molecule has 0 bridgehead atoms. The first-order chi connectivity index (χ1) is 48.6. The summed E-state index contributed by atoms with van der Waals surface area (Å²) in [7, 11) is 5.90. The molecule has 2 atom stereocenters. The van der Waals surface area contributed by atoms with E-state index in [2.05, 4.69) is 257 Å². The van der Waals surface area contributed by atoms with E-state index in [1.165, 1.54) is 12.8 Å². The van der Waals surface area contributed by atoms with Crippen LogP contribution < -0.4 is 5.11 Å². The van der Waals surface area contributed by atoms with Crippen molar-refractivity contribution in [3.8, 4) is 0 Å². The van der Waals surface area contributed by atoms with E-state index < -0.39 is 24.3 Å². The Morgan fingerprint density at radius 3 is 0.808 bits per heavy atom. The minimum Gasteiger partial charge on any atom is -0.545 e. The molecule has 0 fully saturated rings. The Balaban J connectivity index is 4.26. The van der Waals surface area contributed by atoms with Crippen molar-refractivity contribution in [2.45, 2.75) is 257 Å². The van der Waals surface area contributed by atoms with E-state index in [1.54, 1.807) is 0 Å². The molecule has 0 aliphatic rings. The number of nitrogens with zero attached hydrogens (tertiary/aromatic N) is 1. The van der Waals surface area contributed by atoms with Crippen molar-refractivity contribution >= 4 is 17.9 Å². The van der Waals surface area contributed by atoms with E-state index in [9.17, 15) is 19.5 Å². The third kappa shape index (κ3) is 78.3. The smallest absolute Gasteiger partial charge is 0.306 e. The van der Waals surface area contributed by atoms with Gasteiger partial charge in [0.05, 0.1) is 40.3 Å². The predicted octanol–water partition coefficient (Wildman–Crippen LogP) is 23.5. The Hall–Kier alpha value is -6.91. The van der Waals surface area contributed by atoms with E-state index in [1.807, 2.05) is 21.1 Å². The molecular formula is C90H137NO8. The zero-order valence-electron chi connectivity index (χ0n) is 62.7. The Kier molecular flexibility index (Phi) is 71.5. The molecule has 0 aliphatic heterocycles. The number of carbonyl (C=O) groups excluding carboxylic acids is 3. The van der Waals surface area contributed by atoms with Gasteiger partial charge in [-0.3, -0.25) is 9.59 Å². The lowest BCUT2D eigenvalue weighted by Crippen LogP contribution is -2.44. The van der Waals surface area contributed by atoms with E-state index in [0.29, 0.717) is 23.9 Å². The molecule has 2 unspecified atom stereocenters. The summed E-state index contributed by atoms with van der Waals surface area (Å²) in [5.41, 5.74) is 0. The fourth-order valence-electron chi connectivity index (χ4n) is 9.36. The molecule has 550 valence electrons. The van der Waals surface area contributed by atoms with Crippen molar-refractivity contribution in [3.05, 3.63) is 243 Å². The molecule has 0 aromatic carbocycles. The summed E-state index contributed by atoms with van der Waals surface area (Å²) in [4.78, 5) is 37.6. The minimum absolute atomic E-state index is 0.128. The Bertz CT molecular complexity index is 2540. The highest BCUT2D eigenvalue weighted by Crippen LogP contribution is 2.14. The zero-order chi connectivity index (χ0) is 71.8. The number of hydrogen-bond acceptors (Lipinski definition) is 8. The van der Waals surface area contributed by atoms with Crippen LogP contribution in [0.2, 0.25) is 0 Å². The van der Waals surface area contributed by atoms with Gasteiger partial charge in [0.15, 0.2) is 12.4 Å². The largest absolute Gasteiger partial charge is 0.545 e. The van der Waals surface area contributed by atoms with Crippen molar-refractivity contribution in [3.63, 3.8) is 0 Å². The third-order valence-corrected chi connectivity index (χ3v) is 15.1. The normalized spacial score (nSPS) is 14.1. The first-order valence-electron chi connectivity index (χ1n) is 38.2. The Labute approximate surface area is 605 Å². The molecule has 0 aromatic rings. The van der Waals surface area contributed by atoms with Crippen LogP contribution in [0.15, 0.2) is 243 Å². The SMILES string of the molecule is CC/C=C\C/C=C\C/C=C\C/C=C\C/C=C\C/C=C\C/C=C\C/C=C\C/C=C\C/C=C\C/C=C\CCCCCCCCCC(=O)OC(COC(=O)CCCCCCC/C=C\C/C=C\C/C=C\C/C=C\C/C=C\C/C=C\C/C=C\C/C=C\C/C=C\CC)COC(OCC[N+](C)(C)C)C(=O)[O-]. The molecule has 99 heavy (non-hydrogen) atoms. The summed E-state index contributed by atoms with van der Waals surface area (Å²) in [5, 5.41) is 11.9. The quantitative estimate of drug-likeness (QED) is 0.0195. The van der Waals surface area contributed by atoms with Gasteiger partial charge < -0.3 is 33.3 Å². The minimum atomic E-state index is -1.65. The van der Waals surface area contributed by atoms with Crippen LogP contribution in [-0.2, 0) is 33.3 Å². The number of ether oxygens (including phenoxy) is 4. The average molecular weight is 1360 g/mol. The second-order valence-corrected chi connectivity index (χ2v) is 25.5. The van der Waals surface area contributed by atoms with E-state index in [-0.39, 0.29) is 38.6 Å². The molecule has 0 amide bonds. The molecule has 0 spiro atoms. The molecule has 0 heterocycles. The highest BCUT2D eigenvalue weighted by molar-refractivity contribution is 5.70. The van der Waals surface area contributed by atoms with E-state index in [0.717, 1.165) is 193 Å². The molecule has 0 saturated carbocycles. The van der Waals surface area contributed by atoms with Crippen molar-refractivity contribution in [1.29, 1.82) is 0 Å². The lowest BCUT2D eigenvalue weighted by molar-refractivity contribution is -0.870. The van der Waals surface area contributed by atoms with Crippen molar-refractivity contribution in [1.82, 2.24) is 0 Å². The fraction of sp³-hybridized carbons (Fsp3) is 0.522. The summed E-state index contributed by atoms with van der Waals surface area (Å²) in [6.45, 7) is 4.45. The van der Waals surface area contributed by atoms with Gasteiger partial charge in [-0.05, 0) is 167 Å². The van der Waals surface area contributed by atoms with Gasteiger partial charge in [-0.25, -0.2) is 0 Å². The van der Waals surface area contributed by atoms with Crippen molar-refractivity contribution in [2.75, 3.05) is 47.5 Å². The number of aliphatic carboxylic acids is 1. The molecular weight excluding hydrogens is 1220 g/mol. The summed E-state index contributed by atoms with van der Waals surface area (Å²) >= 11 is 0. The lowest BCUT2D eigenvalue weighted by atomic mass is 10.1. The summed E-state index contributed by atoms with van der Waals surface area (Å²) in [6.07, 6.45) is 121. The average Bonchev–Trinajstić information content (AvgIpc) is 2.62. The molecule has 9 heteroatoms. The van der Waals surface area contributed by atoms with Gasteiger partial charge in [-0.2, -0.15) is 0 Å². The lowest BCUT2D eigenvalue weighted by Gasteiger charge is -2.26. The van der Waals surface area contributed by atoms with E-state index >= 15 is 0 Å². The van der Waals surface area contributed by atoms with Crippen LogP contribution in [0.4, 0.5) is 0 Å². The Morgan fingerprint density at radius 1 is 0.303 bits per heavy atom. The number of carboxylic acids is 1. The predicted molar refractivity (Wildman–Crippen MR) is 425 cm³/mol.